The minimum absolute atomic E-state index is 0.0823. The van der Waals surface area contributed by atoms with Gasteiger partial charge in [-0.1, -0.05) is 256 Å². The van der Waals surface area contributed by atoms with Gasteiger partial charge in [-0.05, 0) is 57.8 Å². The van der Waals surface area contributed by atoms with Crippen LogP contribution in [0.25, 0.3) is 0 Å². The first kappa shape index (κ1) is 59.9. The van der Waals surface area contributed by atoms with Crippen molar-refractivity contribution in [2.45, 2.75) is 284 Å². The van der Waals surface area contributed by atoms with Crippen LogP contribution in [0.3, 0.4) is 0 Å². The number of allylic oxidation sites excluding steroid dienone is 8. The molecular formula is C57H104O5. The molecule has 0 aromatic carbocycles. The average molecular weight is 869 g/mol. The number of ether oxygens (including phenoxy) is 3. The van der Waals surface area contributed by atoms with Gasteiger partial charge in [0.1, 0.15) is 6.61 Å². The zero-order valence-electron chi connectivity index (χ0n) is 41.6. The Morgan fingerprint density at radius 2 is 0.726 bits per heavy atom. The monoisotopic (exact) mass is 869 g/mol. The molecule has 0 aliphatic carbocycles. The third-order valence-corrected chi connectivity index (χ3v) is 11.9. The topological polar surface area (TPSA) is 61.8 Å². The molecule has 5 nitrogen and oxygen atoms in total. The maximum atomic E-state index is 12.8. The minimum Gasteiger partial charge on any atom is -0.462 e. The first-order valence-electron chi connectivity index (χ1n) is 27.2. The van der Waals surface area contributed by atoms with Crippen LogP contribution in [0.5, 0.6) is 0 Å². The molecular weight excluding hydrogens is 765 g/mol. The Hall–Kier alpha value is -2.14. The summed E-state index contributed by atoms with van der Waals surface area (Å²) < 4.78 is 17.4. The molecule has 0 saturated carbocycles. The van der Waals surface area contributed by atoms with E-state index in [-0.39, 0.29) is 25.2 Å². The van der Waals surface area contributed by atoms with Crippen molar-refractivity contribution in [3.63, 3.8) is 0 Å². The fraction of sp³-hybridized carbons (Fsp3) is 0.825. The lowest BCUT2D eigenvalue weighted by Gasteiger charge is -2.18. The first-order chi connectivity index (χ1) is 30.6. The molecule has 0 aliphatic heterocycles. The van der Waals surface area contributed by atoms with Crippen LogP contribution in [0, 0.1) is 0 Å². The van der Waals surface area contributed by atoms with Gasteiger partial charge in [0, 0.05) is 19.4 Å². The molecule has 0 aromatic rings. The molecule has 1 unspecified atom stereocenters. The van der Waals surface area contributed by atoms with Crippen LogP contribution in [0.1, 0.15) is 278 Å². The van der Waals surface area contributed by atoms with Gasteiger partial charge >= 0.3 is 11.9 Å². The Morgan fingerprint density at radius 1 is 0.371 bits per heavy atom. The predicted molar refractivity (Wildman–Crippen MR) is 270 cm³/mol. The zero-order chi connectivity index (χ0) is 44.9. The van der Waals surface area contributed by atoms with Crippen LogP contribution in [0.2, 0.25) is 0 Å². The summed E-state index contributed by atoms with van der Waals surface area (Å²) in [6, 6.07) is 0. The number of rotatable bonds is 50. The predicted octanol–water partition coefficient (Wildman–Crippen LogP) is 18.3. The number of carbonyl (C=O) groups excluding carboxylic acids is 2. The minimum atomic E-state index is -0.537. The second kappa shape index (κ2) is 53.2. The van der Waals surface area contributed by atoms with E-state index in [4.69, 9.17) is 14.2 Å². The highest BCUT2D eigenvalue weighted by Gasteiger charge is 2.17. The van der Waals surface area contributed by atoms with E-state index in [0.717, 1.165) is 70.6 Å². The molecule has 0 rings (SSSR count). The third-order valence-electron chi connectivity index (χ3n) is 11.9. The van der Waals surface area contributed by atoms with Crippen molar-refractivity contribution in [3.8, 4) is 0 Å². The van der Waals surface area contributed by atoms with E-state index < -0.39 is 6.10 Å². The molecule has 1 atom stereocenters. The maximum absolute atomic E-state index is 12.8. The quantitative estimate of drug-likeness (QED) is 0.0346. The Kier molecular flexibility index (Phi) is 51.4. The van der Waals surface area contributed by atoms with Gasteiger partial charge in [-0.3, -0.25) is 9.59 Å². The first-order valence-corrected chi connectivity index (χ1v) is 27.2. The van der Waals surface area contributed by atoms with Gasteiger partial charge in [0.2, 0.25) is 0 Å². The summed E-state index contributed by atoms with van der Waals surface area (Å²) in [5.41, 5.74) is 0. The number of esters is 2. The summed E-state index contributed by atoms with van der Waals surface area (Å²) in [6.07, 6.45) is 65.5. The van der Waals surface area contributed by atoms with E-state index in [0.29, 0.717) is 19.4 Å². The molecule has 362 valence electrons. The largest absolute Gasteiger partial charge is 0.462 e. The molecule has 0 saturated heterocycles. The van der Waals surface area contributed by atoms with Crippen molar-refractivity contribution < 1.29 is 23.8 Å². The molecule has 0 bridgehead atoms. The molecule has 0 N–H and O–H groups in total. The smallest absolute Gasteiger partial charge is 0.306 e. The Morgan fingerprint density at radius 3 is 1.16 bits per heavy atom. The highest BCUT2D eigenvalue weighted by molar-refractivity contribution is 5.70. The lowest BCUT2D eigenvalue weighted by atomic mass is 10.0. The van der Waals surface area contributed by atoms with Crippen molar-refractivity contribution in [2.75, 3.05) is 19.8 Å². The Balaban J connectivity index is 4.19. The summed E-state index contributed by atoms with van der Waals surface area (Å²) in [4.78, 5) is 25.4. The van der Waals surface area contributed by atoms with Gasteiger partial charge in [0.15, 0.2) is 6.10 Å². The van der Waals surface area contributed by atoms with E-state index in [1.807, 2.05) is 0 Å². The van der Waals surface area contributed by atoms with E-state index in [1.165, 1.54) is 173 Å². The van der Waals surface area contributed by atoms with Crippen LogP contribution in [-0.4, -0.2) is 37.9 Å². The maximum Gasteiger partial charge on any atom is 0.306 e. The van der Waals surface area contributed by atoms with Gasteiger partial charge in [-0.15, -0.1) is 0 Å². The standard InChI is InChI=1S/C57H104O5/c1-4-7-10-13-16-19-22-24-26-28-29-31-32-34-36-38-41-44-47-50-56(58)61-54-55(53-60-52-49-46-43-40-21-18-15-12-9-6-3)62-57(59)51-48-45-42-39-37-35-33-30-27-25-23-20-17-14-11-8-5-2/h7,10,16,19,24,26,29,31,55H,4-6,8-9,11-15,17-18,20-23,25,27-28,30,32-54H2,1-3H3/b10-7-,19-16-,26-24-,31-29-. The van der Waals surface area contributed by atoms with Gasteiger partial charge < -0.3 is 14.2 Å². The average Bonchev–Trinajstić information content (AvgIpc) is 3.27. The summed E-state index contributed by atoms with van der Waals surface area (Å²) >= 11 is 0. The van der Waals surface area contributed by atoms with Crippen LogP contribution >= 0.6 is 0 Å². The zero-order valence-corrected chi connectivity index (χ0v) is 41.6. The lowest BCUT2D eigenvalue weighted by Crippen LogP contribution is -2.30. The number of hydrogen-bond acceptors (Lipinski definition) is 5. The van der Waals surface area contributed by atoms with Crippen molar-refractivity contribution >= 4 is 11.9 Å². The summed E-state index contributed by atoms with van der Waals surface area (Å²) in [7, 11) is 0. The number of unbranched alkanes of at least 4 members (excludes halogenated alkanes) is 31. The van der Waals surface area contributed by atoms with Crippen LogP contribution in [0.15, 0.2) is 48.6 Å². The van der Waals surface area contributed by atoms with Crippen LogP contribution in [0.4, 0.5) is 0 Å². The lowest BCUT2D eigenvalue weighted by molar-refractivity contribution is -0.163. The molecule has 0 radical (unpaired) electrons. The SMILES string of the molecule is CC/C=C\C/C=C\C/C=C\C/C=C\CCCCCCCCC(=O)OCC(COCCCCCCCCCCCC)OC(=O)CCCCCCCCCCCCCCCCCCC. The van der Waals surface area contributed by atoms with Gasteiger partial charge in [0.25, 0.3) is 0 Å². The van der Waals surface area contributed by atoms with Crippen molar-refractivity contribution in [1.29, 1.82) is 0 Å². The summed E-state index contributed by atoms with van der Waals surface area (Å²) in [5.74, 6) is -0.398. The van der Waals surface area contributed by atoms with Crippen molar-refractivity contribution in [3.05, 3.63) is 48.6 Å². The molecule has 0 aliphatic rings. The summed E-state index contributed by atoms with van der Waals surface area (Å²) in [6.45, 7) is 7.74. The second-order valence-electron chi connectivity index (χ2n) is 18.1. The molecule has 62 heavy (non-hydrogen) atoms. The van der Waals surface area contributed by atoms with Gasteiger partial charge in [-0.2, -0.15) is 0 Å². The van der Waals surface area contributed by atoms with E-state index >= 15 is 0 Å². The highest BCUT2D eigenvalue weighted by Crippen LogP contribution is 2.16. The molecule has 0 fully saturated rings. The molecule has 0 aromatic heterocycles. The van der Waals surface area contributed by atoms with Crippen LogP contribution in [-0.2, 0) is 23.8 Å². The number of carbonyl (C=O) groups is 2. The van der Waals surface area contributed by atoms with Gasteiger partial charge in [0.05, 0.1) is 6.61 Å². The van der Waals surface area contributed by atoms with E-state index in [9.17, 15) is 9.59 Å². The molecule has 0 spiro atoms. The molecule has 0 amide bonds. The van der Waals surface area contributed by atoms with E-state index in [2.05, 4.69) is 69.4 Å². The van der Waals surface area contributed by atoms with E-state index in [1.54, 1.807) is 0 Å². The fourth-order valence-corrected chi connectivity index (χ4v) is 7.86. The third kappa shape index (κ3) is 50.5. The van der Waals surface area contributed by atoms with Gasteiger partial charge in [-0.25, -0.2) is 0 Å². The fourth-order valence-electron chi connectivity index (χ4n) is 7.86. The Labute approximate surface area is 386 Å². The van der Waals surface area contributed by atoms with Crippen molar-refractivity contribution in [2.24, 2.45) is 0 Å². The number of hydrogen-bond donors (Lipinski definition) is 0. The second-order valence-corrected chi connectivity index (χ2v) is 18.1. The molecule has 5 heteroatoms. The summed E-state index contributed by atoms with van der Waals surface area (Å²) in [5, 5.41) is 0. The Bertz CT molecular complexity index is 1030. The van der Waals surface area contributed by atoms with Crippen molar-refractivity contribution in [1.82, 2.24) is 0 Å². The normalized spacial score (nSPS) is 12.5. The van der Waals surface area contributed by atoms with Crippen LogP contribution < -0.4 is 0 Å². The highest BCUT2D eigenvalue weighted by atomic mass is 16.6. The molecule has 0 heterocycles.